The number of benzene rings is 2. The lowest BCUT2D eigenvalue weighted by Crippen LogP contribution is -2.23. The van der Waals surface area contributed by atoms with Crippen molar-refractivity contribution in [2.45, 2.75) is 18.4 Å². The normalized spacial score (nSPS) is 11.1. The highest BCUT2D eigenvalue weighted by atomic mass is 32.2. The first-order valence-electron chi connectivity index (χ1n) is 9.21. The molecular weight excluding hydrogens is 406 g/mol. The number of carbonyl (C=O) groups is 2. The van der Waals surface area contributed by atoms with Crippen LogP contribution in [-0.2, 0) is 16.6 Å². The molecule has 0 bridgehead atoms. The van der Waals surface area contributed by atoms with Crippen LogP contribution in [-0.4, -0.2) is 26.8 Å². The topological polar surface area (TPSA) is 118 Å². The molecule has 0 saturated heterocycles. The molecule has 8 nitrogen and oxygen atoms in total. The van der Waals surface area contributed by atoms with Gasteiger partial charge in [0.15, 0.2) is 0 Å². The molecule has 0 radical (unpaired) electrons. The maximum absolute atomic E-state index is 12.5. The summed E-state index contributed by atoms with van der Waals surface area (Å²) in [7, 11) is -3.74. The first-order chi connectivity index (χ1) is 14.4. The molecule has 3 N–H and O–H groups in total. The Morgan fingerprint density at radius 2 is 1.70 bits per heavy atom. The number of rotatable bonds is 8. The van der Waals surface area contributed by atoms with Gasteiger partial charge < -0.3 is 15.1 Å². The molecule has 0 aliphatic heterocycles. The van der Waals surface area contributed by atoms with Gasteiger partial charge in [0.1, 0.15) is 5.76 Å². The molecule has 0 atom stereocenters. The zero-order valence-corrected chi connectivity index (χ0v) is 17.0. The summed E-state index contributed by atoms with van der Waals surface area (Å²) in [6, 6.07) is 15.4. The van der Waals surface area contributed by atoms with Crippen molar-refractivity contribution in [2.24, 2.45) is 0 Å². The predicted molar refractivity (Wildman–Crippen MR) is 112 cm³/mol. The SMILES string of the molecule is CCNC(=O)c1cccc(NC(=O)c2ccc(S(=O)(=O)NCc3ccco3)cc2)c1. The number of amides is 2. The number of hydrogen-bond donors (Lipinski definition) is 3. The third kappa shape index (κ3) is 5.34. The molecule has 0 saturated carbocycles. The van der Waals surface area contributed by atoms with Crippen molar-refractivity contribution in [3.63, 3.8) is 0 Å². The highest BCUT2D eigenvalue weighted by Gasteiger charge is 2.16. The fourth-order valence-electron chi connectivity index (χ4n) is 2.65. The summed E-state index contributed by atoms with van der Waals surface area (Å²) in [4.78, 5) is 24.4. The van der Waals surface area contributed by atoms with Crippen LogP contribution in [0.2, 0.25) is 0 Å². The van der Waals surface area contributed by atoms with Gasteiger partial charge in [0.25, 0.3) is 11.8 Å². The Balaban J connectivity index is 1.66. The molecule has 2 aromatic carbocycles. The Morgan fingerprint density at radius 1 is 0.933 bits per heavy atom. The average Bonchev–Trinajstić information content (AvgIpc) is 3.27. The Hall–Kier alpha value is -3.43. The minimum atomic E-state index is -3.74. The molecule has 2 amide bonds. The molecule has 3 aromatic rings. The van der Waals surface area contributed by atoms with Crippen molar-refractivity contribution in [3.8, 4) is 0 Å². The number of hydrogen-bond acceptors (Lipinski definition) is 5. The van der Waals surface area contributed by atoms with E-state index in [2.05, 4.69) is 15.4 Å². The summed E-state index contributed by atoms with van der Waals surface area (Å²) in [5, 5.41) is 5.39. The Labute approximate surface area is 174 Å². The summed E-state index contributed by atoms with van der Waals surface area (Å²) in [6.45, 7) is 2.35. The molecule has 3 rings (SSSR count). The van der Waals surface area contributed by atoms with Gasteiger partial charge in [-0.15, -0.1) is 0 Å². The molecule has 0 aliphatic rings. The average molecular weight is 427 g/mol. The molecule has 1 aromatic heterocycles. The van der Waals surface area contributed by atoms with E-state index in [0.717, 1.165) is 0 Å². The number of sulfonamides is 1. The zero-order chi connectivity index (χ0) is 21.6. The van der Waals surface area contributed by atoms with Crippen LogP contribution in [0.15, 0.2) is 76.2 Å². The molecule has 0 aliphatic carbocycles. The number of anilines is 1. The van der Waals surface area contributed by atoms with E-state index in [-0.39, 0.29) is 22.9 Å². The van der Waals surface area contributed by atoms with Crippen molar-refractivity contribution < 1.29 is 22.4 Å². The van der Waals surface area contributed by atoms with Crippen LogP contribution in [0.25, 0.3) is 0 Å². The molecule has 0 fully saturated rings. The van der Waals surface area contributed by atoms with E-state index in [9.17, 15) is 18.0 Å². The fourth-order valence-corrected chi connectivity index (χ4v) is 3.65. The van der Waals surface area contributed by atoms with E-state index < -0.39 is 15.9 Å². The van der Waals surface area contributed by atoms with Crippen LogP contribution in [0.3, 0.4) is 0 Å². The number of nitrogens with one attached hydrogen (secondary N) is 3. The predicted octanol–water partition coefficient (Wildman–Crippen LogP) is 2.76. The maximum Gasteiger partial charge on any atom is 0.255 e. The van der Waals surface area contributed by atoms with Crippen LogP contribution in [0, 0.1) is 0 Å². The van der Waals surface area contributed by atoms with Crippen molar-refractivity contribution in [2.75, 3.05) is 11.9 Å². The summed E-state index contributed by atoms with van der Waals surface area (Å²) >= 11 is 0. The molecule has 1 heterocycles. The lowest BCUT2D eigenvalue weighted by atomic mass is 10.1. The van der Waals surface area contributed by atoms with E-state index in [1.165, 1.54) is 30.5 Å². The molecule has 0 spiro atoms. The van der Waals surface area contributed by atoms with E-state index in [0.29, 0.717) is 23.6 Å². The molecule has 9 heteroatoms. The first-order valence-corrected chi connectivity index (χ1v) is 10.7. The summed E-state index contributed by atoms with van der Waals surface area (Å²) in [6.07, 6.45) is 1.46. The van der Waals surface area contributed by atoms with Crippen molar-refractivity contribution in [1.29, 1.82) is 0 Å². The molecule has 156 valence electrons. The molecular formula is C21H21N3O5S. The molecule has 0 unspecified atom stereocenters. The molecule has 30 heavy (non-hydrogen) atoms. The van der Waals surface area contributed by atoms with Crippen LogP contribution in [0.1, 0.15) is 33.4 Å². The van der Waals surface area contributed by atoms with E-state index >= 15 is 0 Å². The Morgan fingerprint density at radius 3 is 2.37 bits per heavy atom. The van der Waals surface area contributed by atoms with Crippen LogP contribution >= 0.6 is 0 Å². The van der Waals surface area contributed by atoms with Gasteiger partial charge in [-0.1, -0.05) is 6.07 Å². The second-order valence-corrected chi connectivity index (χ2v) is 8.09. The standard InChI is InChI=1S/C21H21N3O5S/c1-2-22-20(25)16-5-3-6-17(13-16)24-21(26)15-8-10-19(11-9-15)30(27,28)23-14-18-7-4-12-29-18/h3-13,23H,2,14H2,1H3,(H,22,25)(H,24,26). The summed E-state index contributed by atoms with van der Waals surface area (Å²) < 4.78 is 32.3. The Kier molecular flexibility index (Phi) is 6.65. The highest BCUT2D eigenvalue weighted by molar-refractivity contribution is 7.89. The van der Waals surface area contributed by atoms with Crippen molar-refractivity contribution in [3.05, 3.63) is 83.8 Å². The lowest BCUT2D eigenvalue weighted by molar-refractivity contribution is 0.0954. The summed E-state index contributed by atoms with van der Waals surface area (Å²) in [5.41, 5.74) is 1.17. The van der Waals surface area contributed by atoms with Gasteiger partial charge in [-0.3, -0.25) is 9.59 Å². The highest BCUT2D eigenvalue weighted by Crippen LogP contribution is 2.15. The maximum atomic E-state index is 12.5. The zero-order valence-electron chi connectivity index (χ0n) is 16.2. The monoisotopic (exact) mass is 427 g/mol. The van der Waals surface area contributed by atoms with Crippen LogP contribution < -0.4 is 15.4 Å². The lowest BCUT2D eigenvalue weighted by Gasteiger charge is -2.09. The quantitative estimate of drug-likeness (QED) is 0.511. The number of carbonyl (C=O) groups excluding carboxylic acids is 2. The van der Waals surface area contributed by atoms with Gasteiger partial charge in [0.05, 0.1) is 17.7 Å². The van der Waals surface area contributed by atoms with Gasteiger partial charge >= 0.3 is 0 Å². The van der Waals surface area contributed by atoms with Crippen molar-refractivity contribution >= 4 is 27.5 Å². The van der Waals surface area contributed by atoms with Gasteiger partial charge in [-0.25, -0.2) is 13.1 Å². The number of furan rings is 1. The first kappa shape index (κ1) is 21.3. The van der Waals surface area contributed by atoms with E-state index in [1.54, 1.807) is 36.4 Å². The third-order valence-corrected chi connectivity index (χ3v) is 5.58. The van der Waals surface area contributed by atoms with Gasteiger partial charge in [0, 0.05) is 23.4 Å². The third-order valence-electron chi connectivity index (χ3n) is 4.16. The fraction of sp³-hybridized carbons (Fsp3) is 0.143. The van der Waals surface area contributed by atoms with Crippen LogP contribution in [0.4, 0.5) is 5.69 Å². The minimum absolute atomic E-state index is 0.0273. The Bertz CT molecular complexity index is 1120. The van der Waals surface area contributed by atoms with Gasteiger partial charge in [-0.2, -0.15) is 0 Å². The van der Waals surface area contributed by atoms with Gasteiger partial charge in [-0.05, 0) is 61.5 Å². The summed E-state index contributed by atoms with van der Waals surface area (Å²) in [5.74, 6) is -0.162. The van der Waals surface area contributed by atoms with Crippen LogP contribution in [0.5, 0.6) is 0 Å². The van der Waals surface area contributed by atoms with E-state index in [1.807, 2.05) is 6.92 Å². The second-order valence-electron chi connectivity index (χ2n) is 6.32. The second kappa shape index (κ2) is 9.38. The van der Waals surface area contributed by atoms with Gasteiger partial charge in [0.2, 0.25) is 10.0 Å². The largest absolute Gasteiger partial charge is 0.468 e. The smallest absolute Gasteiger partial charge is 0.255 e. The minimum Gasteiger partial charge on any atom is -0.468 e. The van der Waals surface area contributed by atoms with E-state index in [4.69, 9.17) is 4.42 Å². The van der Waals surface area contributed by atoms with Crippen molar-refractivity contribution in [1.82, 2.24) is 10.0 Å².